The molecule has 2 heterocycles. The molecule has 0 radical (unpaired) electrons. The molecule has 1 aromatic rings. The third kappa shape index (κ3) is 1.60. The average Bonchev–Trinajstić information content (AvgIpc) is 2.45. The number of aryl methyl sites for hydroxylation is 2. The van der Waals surface area contributed by atoms with E-state index in [4.69, 9.17) is 0 Å². The zero-order valence-electron chi connectivity index (χ0n) is 8.67. The highest BCUT2D eigenvalue weighted by molar-refractivity contribution is 5.04. The van der Waals surface area contributed by atoms with Crippen molar-refractivity contribution in [3.05, 3.63) is 11.6 Å². The van der Waals surface area contributed by atoms with Crippen LogP contribution in [0, 0.1) is 0 Å². The lowest BCUT2D eigenvalue weighted by Gasteiger charge is -2.12. The maximum Gasteiger partial charge on any atom is 0.156 e. The van der Waals surface area contributed by atoms with E-state index in [-0.39, 0.29) is 5.41 Å². The summed E-state index contributed by atoms with van der Waals surface area (Å²) in [6.07, 6.45) is 3.62. The predicted molar refractivity (Wildman–Crippen MR) is 51.7 cm³/mol. The average molecular weight is 179 g/mol. The normalized spacial score (nSPS) is 17.2. The summed E-state index contributed by atoms with van der Waals surface area (Å²) in [5.41, 5.74) is 0.0876. The van der Waals surface area contributed by atoms with Gasteiger partial charge in [0.2, 0.25) is 0 Å². The minimum atomic E-state index is 0.0876. The fraction of sp³-hybridized carbons (Fsp3) is 0.800. The Bertz CT molecular complexity index is 283. The molecule has 0 bridgehead atoms. The molecule has 3 nitrogen and oxygen atoms in total. The smallest absolute Gasteiger partial charge is 0.156 e. The first-order valence-corrected chi connectivity index (χ1v) is 5.01. The van der Waals surface area contributed by atoms with Crippen LogP contribution in [-0.2, 0) is 18.4 Å². The number of fused-ring (bicyclic) bond motifs is 1. The molecule has 0 spiro atoms. The van der Waals surface area contributed by atoms with Crippen molar-refractivity contribution in [2.24, 2.45) is 0 Å². The van der Waals surface area contributed by atoms with Gasteiger partial charge in [-0.2, -0.15) is 5.10 Å². The van der Waals surface area contributed by atoms with Gasteiger partial charge in [-0.05, 0) is 12.8 Å². The molecule has 0 unspecified atom stereocenters. The van der Waals surface area contributed by atoms with Crippen LogP contribution in [-0.4, -0.2) is 14.8 Å². The molecule has 3 heteroatoms. The molecule has 1 aliphatic heterocycles. The van der Waals surface area contributed by atoms with Crippen LogP contribution in [0.15, 0.2) is 0 Å². The number of hydrogen-bond donors (Lipinski definition) is 0. The minimum Gasteiger partial charge on any atom is -0.250 e. The number of hydrogen-bond acceptors (Lipinski definition) is 2. The molecule has 1 aliphatic rings. The maximum atomic E-state index is 4.57. The first-order chi connectivity index (χ1) is 6.07. The molecule has 0 fully saturated rings. The predicted octanol–water partition coefficient (Wildman–Crippen LogP) is 1.91. The largest absolute Gasteiger partial charge is 0.250 e. The summed E-state index contributed by atoms with van der Waals surface area (Å²) in [6.45, 7) is 7.54. The zero-order valence-corrected chi connectivity index (χ0v) is 8.67. The molecule has 0 aromatic carbocycles. The highest BCUT2D eigenvalue weighted by atomic mass is 15.4. The molecule has 0 saturated heterocycles. The van der Waals surface area contributed by atoms with Crippen LogP contribution in [0.4, 0.5) is 0 Å². The van der Waals surface area contributed by atoms with Crippen molar-refractivity contribution in [1.82, 2.24) is 14.8 Å². The SMILES string of the molecule is CC(C)(C)c1nc2n(n1)CCCC2. The lowest BCUT2D eigenvalue weighted by Crippen LogP contribution is -2.14. The van der Waals surface area contributed by atoms with E-state index in [1.807, 2.05) is 0 Å². The monoisotopic (exact) mass is 179 g/mol. The standard InChI is InChI=1S/C10H17N3/c1-10(2,3)9-11-8-6-4-5-7-13(8)12-9/h4-7H2,1-3H3. The molecule has 0 aliphatic carbocycles. The lowest BCUT2D eigenvalue weighted by atomic mass is 9.96. The second-order valence-corrected chi connectivity index (χ2v) is 4.78. The van der Waals surface area contributed by atoms with Crippen LogP contribution in [0.1, 0.15) is 45.3 Å². The van der Waals surface area contributed by atoms with E-state index in [1.54, 1.807) is 0 Å². The molecule has 1 aromatic heterocycles. The molecule has 0 amide bonds. The third-order valence-corrected chi connectivity index (χ3v) is 2.44. The molecule has 0 saturated carbocycles. The minimum absolute atomic E-state index is 0.0876. The number of nitrogens with zero attached hydrogens (tertiary/aromatic N) is 3. The molecule has 0 N–H and O–H groups in total. The summed E-state index contributed by atoms with van der Waals surface area (Å²) in [5, 5.41) is 4.53. The summed E-state index contributed by atoms with van der Waals surface area (Å²) in [7, 11) is 0. The van der Waals surface area contributed by atoms with E-state index >= 15 is 0 Å². The topological polar surface area (TPSA) is 30.7 Å². The van der Waals surface area contributed by atoms with Gasteiger partial charge in [0, 0.05) is 18.4 Å². The highest BCUT2D eigenvalue weighted by Crippen LogP contribution is 2.21. The van der Waals surface area contributed by atoms with Crippen molar-refractivity contribution in [2.75, 3.05) is 0 Å². The third-order valence-electron chi connectivity index (χ3n) is 2.44. The van der Waals surface area contributed by atoms with E-state index in [0.29, 0.717) is 0 Å². The van der Waals surface area contributed by atoms with Crippen LogP contribution in [0.2, 0.25) is 0 Å². The molecule has 13 heavy (non-hydrogen) atoms. The second-order valence-electron chi connectivity index (χ2n) is 4.78. The fourth-order valence-corrected chi connectivity index (χ4v) is 1.60. The summed E-state index contributed by atoms with van der Waals surface area (Å²) < 4.78 is 2.07. The Hall–Kier alpha value is -0.860. The molecular formula is C10H17N3. The summed E-state index contributed by atoms with van der Waals surface area (Å²) in [6, 6.07) is 0. The zero-order chi connectivity index (χ0) is 9.47. The highest BCUT2D eigenvalue weighted by Gasteiger charge is 2.22. The van der Waals surface area contributed by atoms with Crippen molar-refractivity contribution < 1.29 is 0 Å². The van der Waals surface area contributed by atoms with Crippen molar-refractivity contribution in [3.8, 4) is 0 Å². The van der Waals surface area contributed by atoms with E-state index in [9.17, 15) is 0 Å². The maximum absolute atomic E-state index is 4.57. The Kier molecular flexibility index (Phi) is 1.90. The van der Waals surface area contributed by atoms with E-state index < -0.39 is 0 Å². The Morgan fingerprint density at radius 2 is 2.00 bits per heavy atom. The van der Waals surface area contributed by atoms with Crippen molar-refractivity contribution in [2.45, 2.75) is 52.0 Å². The van der Waals surface area contributed by atoms with E-state index in [1.165, 1.54) is 18.7 Å². The first-order valence-electron chi connectivity index (χ1n) is 5.01. The lowest BCUT2D eigenvalue weighted by molar-refractivity contribution is 0.469. The van der Waals surface area contributed by atoms with E-state index in [2.05, 4.69) is 35.5 Å². The van der Waals surface area contributed by atoms with E-state index in [0.717, 1.165) is 18.8 Å². The summed E-state index contributed by atoms with van der Waals surface area (Å²) >= 11 is 0. The second kappa shape index (κ2) is 2.82. The van der Waals surface area contributed by atoms with Gasteiger partial charge in [-0.3, -0.25) is 0 Å². The van der Waals surface area contributed by atoms with Gasteiger partial charge < -0.3 is 0 Å². The first kappa shape index (κ1) is 8.73. The van der Waals surface area contributed by atoms with Crippen LogP contribution in [0.5, 0.6) is 0 Å². The van der Waals surface area contributed by atoms with Gasteiger partial charge in [0.05, 0.1) is 0 Å². The van der Waals surface area contributed by atoms with Gasteiger partial charge in [0.25, 0.3) is 0 Å². The Labute approximate surface area is 79.2 Å². The van der Waals surface area contributed by atoms with Gasteiger partial charge in [0.1, 0.15) is 5.82 Å². The van der Waals surface area contributed by atoms with Gasteiger partial charge in [-0.1, -0.05) is 20.8 Å². The molecule has 2 rings (SSSR count). The van der Waals surface area contributed by atoms with Gasteiger partial charge >= 0.3 is 0 Å². The number of aromatic nitrogens is 3. The van der Waals surface area contributed by atoms with Crippen LogP contribution < -0.4 is 0 Å². The van der Waals surface area contributed by atoms with Crippen molar-refractivity contribution in [3.63, 3.8) is 0 Å². The molecule has 0 atom stereocenters. The van der Waals surface area contributed by atoms with Crippen molar-refractivity contribution in [1.29, 1.82) is 0 Å². The van der Waals surface area contributed by atoms with Crippen molar-refractivity contribution >= 4 is 0 Å². The Balaban J connectivity index is 2.36. The van der Waals surface area contributed by atoms with Crippen LogP contribution in [0.3, 0.4) is 0 Å². The Morgan fingerprint density at radius 1 is 1.23 bits per heavy atom. The quantitative estimate of drug-likeness (QED) is 0.609. The summed E-state index contributed by atoms with van der Waals surface area (Å²) in [4.78, 5) is 4.57. The van der Waals surface area contributed by atoms with Gasteiger partial charge in [-0.15, -0.1) is 0 Å². The van der Waals surface area contributed by atoms with Gasteiger partial charge in [-0.25, -0.2) is 9.67 Å². The van der Waals surface area contributed by atoms with Gasteiger partial charge in [0.15, 0.2) is 5.82 Å². The molecular weight excluding hydrogens is 162 g/mol. The Morgan fingerprint density at radius 3 is 2.62 bits per heavy atom. The fourth-order valence-electron chi connectivity index (χ4n) is 1.60. The molecule has 72 valence electrons. The van der Waals surface area contributed by atoms with Crippen LogP contribution >= 0.6 is 0 Å². The van der Waals surface area contributed by atoms with Crippen LogP contribution in [0.25, 0.3) is 0 Å². The number of rotatable bonds is 0. The summed E-state index contributed by atoms with van der Waals surface area (Å²) in [5.74, 6) is 2.17.